The van der Waals surface area contributed by atoms with Crippen LogP contribution in [0, 0.1) is 0 Å². The van der Waals surface area contributed by atoms with Crippen LogP contribution in [0.15, 0.2) is 46.9 Å². The number of hydrogen-bond acceptors (Lipinski definition) is 7. The molecular weight excluding hydrogens is 434 g/mol. The molecule has 1 N–H and O–H groups in total. The Bertz CT molecular complexity index is 1140. The van der Waals surface area contributed by atoms with Gasteiger partial charge < -0.3 is 10.2 Å². The second-order valence-corrected chi connectivity index (χ2v) is 10.2. The summed E-state index contributed by atoms with van der Waals surface area (Å²) in [6, 6.07) is 8.69. The van der Waals surface area contributed by atoms with Crippen molar-refractivity contribution in [3.63, 3.8) is 0 Å². The summed E-state index contributed by atoms with van der Waals surface area (Å²) in [7, 11) is -3.73. The molecule has 1 aromatic carbocycles. The summed E-state index contributed by atoms with van der Waals surface area (Å²) < 4.78 is 28.3. The summed E-state index contributed by atoms with van der Waals surface area (Å²) in [5.41, 5.74) is 0.818. The van der Waals surface area contributed by atoms with E-state index in [0.717, 1.165) is 15.8 Å². The van der Waals surface area contributed by atoms with Crippen LogP contribution in [-0.4, -0.2) is 66.5 Å². The Labute approximate surface area is 177 Å². The number of carbonyl (C=O) groups is 1. The number of anilines is 1. The second-order valence-electron chi connectivity index (χ2n) is 6.52. The van der Waals surface area contributed by atoms with Gasteiger partial charge in [0.05, 0.1) is 24.6 Å². The van der Waals surface area contributed by atoms with Crippen LogP contribution in [0.4, 0.5) is 5.69 Å². The molecule has 11 heteroatoms. The third kappa shape index (κ3) is 4.35. The quantitative estimate of drug-likeness (QED) is 0.617. The molecule has 8 nitrogen and oxygen atoms in total. The molecule has 1 amide bonds. The third-order valence-electron chi connectivity index (χ3n) is 4.63. The summed E-state index contributed by atoms with van der Waals surface area (Å²) in [5, 5.41) is 12.0. The number of aromatic nitrogens is 2. The Balaban J connectivity index is 1.39. The lowest BCUT2D eigenvalue weighted by molar-refractivity contribution is -0.133. The van der Waals surface area contributed by atoms with E-state index in [4.69, 9.17) is 11.6 Å². The number of amides is 1. The van der Waals surface area contributed by atoms with E-state index in [1.165, 1.54) is 15.6 Å². The van der Waals surface area contributed by atoms with E-state index >= 15 is 0 Å². The van der Waals surface area contributed by atoms with Gasteiger partial charge in [0.15, 0.2) is 0 Å². The molecule has 2 aromatic heterocycles. The van der Waals surface area contributed by atoms with Gasteiger partial charge in [0.2, 0.25) is 5.91 Å². The minimum Gasteiger partial charge on any atom is -0.382 e. The minimum atomic E-state index is -3.73. The van der Waals surface area contributed by atoms with Gasteiger partial charge in [-0.1, -0.05) is 17.7 Å². The molecule has 1 aliphatic heterocycles. The van der Waals surface area contributed by atoms with Gasteiger partial charge in [-0.2, -0.15) is 14.5 Å². The molecule has 0 spiro atoms. The van der Waals surface area contributed by atoms with E-state index in [2.05, 4.69) is 15.5 Å². The SMILES string of the molecule is O=C1CN(S(=O)(=O)c2cc3ccc(Cl)cc3s2)CCN1CCNc1ccnnc1. The van der Waals surface area contributed by atoms with Crippen molar-refractivity contribution in [2.24, 2.45) is 0 Å². The molecule has 0 bridgehead atoms. The van der Waals surface area contributed by atoms with Crippen LogP contribution in [0.2, 0.25) is 5.02 Å². The Hall–Kier alpha value is -2.27. The van der Waals surface area contributed by atoms with E-state index in [1.54, 1.807) is 47.6 Å². The number of hydrogen-bond donors (Lipinski definition) is 1. The summed E-state index contributed by atoms with van der Waals surface area (Å²) in [5.74, 6) is -0.210. The fourth-order valence-electron chi connectivity index (χ4n) is 3.09. The largest absolute Gasteiger partial charge is 0.382 e. The fraction of sp³-hybridized carbons (Fsp3) is 0.278. The van der Waals surface area contributed by atoms with Crippen LogP contribution < -0.4 is 5.32 Å². The van der Waals surface area contributed by atoms with Crippen molar-refractivity contribution in [2.75, 3.05) is 38.0 Å². The first-order valence-corrected chi connectivity index (χ1v) is 11.5. The van der Waals surface area contributed by atoms with Gasteiger partial charge in [0.25, 0.3) is 10.0 Å². The first kappa shape index (κ1) is 20.0. The highest BCUT2D eigenvalue weighted by Crippen LogP contribution is 2.33. The third-order valence-corrected chi connectivity index (χ3v) is 8.26. The fourth-order valence-corrected chi connectivity index (χ4v) is 6.30. The van der Waals surface area contributed by atoms with Gasteiger partial charge in [0.1, 0.15) is 4.21 Å². The maximum absolute atomic E-state index is 13.0. The first-order chi connectivity index (χ1) is 13.9. The highest BCUT2D eigenvalue weighted by molar-refractivity contribution is 7.91. The number of piperazine rings is 1. The number of nitrogens with one attached hydrogen (secondary N) is 1. The minimum absolute atomic E-state index is 0.159. The van der Waals surface area contributed by atoms with E-state index in [1.807, 2.05) is 0 Å². The van der Waals surface area contributed by atoms with Crippen molar-refractivity contribution < 1.29 is 13.2 Å². The number of nitrogens with zero attached hydrogens (tertiary/aromatic N) is 4. The average Bonchev–Trinajstić information content (AvgIpc) is 3.14. The van der Waals surface area contributed by atoms with Crippen molar-refractivity contribution >= 4 is 54.6 Å². The topological polar surface area (TPSA) is 95.5 Å². The molecule has 3 aromatic rings. The Morgan fingerprint density at radius 2 is 2.03 bits per heavy atom. The molecule has 1 fully saturated rings. The van der Waals surface area contributed by atoms with Crippen LogP contribution in [0.5, 0.6) is 0 Å². The van der Waals surface area contributed by atoms with Crippen molar-refractivity contribution in [3.8, 4) is 0 Å². The molecule has 29 heavy (non-hydrogen) atoms. The summed E-state index contributed by atoms with van der Waals surface area (Å²) in [4.78, 5) is 14.2. The van der Waals surface area contributed by atoms with Crippen molar-refractivity contribution in [1.82, 2.24) is 19.4 Å². The van der Waals surface area contributed by atoms with Gasteiger partial charge in [-0.05, 0) is 29.7 Å². The van der Waals surface area contributed by atoms with Crippen molar-refractivity contribution in [1.29, 1.82) is 0 Å². The zero-order valence-electron chi connectivity index (χ0n) is 15.3. The van der Waals surface area contributed by atoms with Gasteiger partial charge in [-0.25, -0.2) is 8.42 Å². The number of thiophene rings is 1. The predicted molar refractivity (Wildman–Crippen MR) is 113 cm³/mol. The lowest BCUT2D eigenvalue weighted by Gasteiger charge is -2.33. The average molecular weight is 452 g/mol. The van der Waals surface area contributed by atoms with Gasteiger partial charge >= 0.3 is 0 Å². The molecule has 0 saturated carbocycles. The Kier molecular flexibility index (Phi) is 5.68. The molecule has 0 aliphatic carbocycles. The summed E-state index contributed by atoms with van der Waals surface area (Å²) in [6.45, 7) is 1.48. The highest BCUT2D eigenvalue weighted by atomic mass is 35.5. The number of sulfonamides is 1. The Morgan fingerprint density at radius 3 is 2.79 bits per heavy atom. The molecule has 152 valence electrons. The molecule has 4 rings (SSSR count). The van der Waals surface area contributed by atoms with Gasteiger partial charge in [-0.3, -0.25) is 4.79 Å². The molecular formula is C18H18ClN5O3S2. The molecule has 1 saturated heterocycles. The van der Waals surface area contributed by atoms with E-state index < -0.39 is 10.0 Å². The van der Waals surface area contributed by atoms with Crippen LogP contribution in [0.25, 0.3) is 10.1 Å². The van der Waals surface area contributed by atoms with Crippen LogP contribution >= 0.6 is 22.9 Å². The second kappa shape index (κ2) is 8.23. The van der Waals surface area contributed by atoms with Gasteiger partial charge in [-0.15, -0.1) is 11.3 Å². The standard InChI is InChI=1S/C18H18ClN5O3S2/c19-14-2-1-13-9-18(28-16(13)10-14)29(26,27)24-8-7-23(17(25)12-24)6-5-20-15-3-4-21-22-11-15/h1-4,9-11H,5-8,12H2,(H,20,21). The van der Waals surface area contributed by atoms with E-state index in [0.29, 0.717) is 24.7 Å². The van der Waals surface area contributed by atoms with Gasteiger partial charge in [0, 0.05) is 35.9 Å². The lowest BCUT2D eigenvalue weighted by Crippen LogP contribution is -2.52. The van der Waals surface area contributed by atoms with E-state index in [-0.39, 0.29) is 23.2 Å². The summed E-state index contributed by atoms with van der Waals surface area (Å²) in [6.07, 6.45) is 3.18. The zero-order valence-corrected chi connectivity index (χ0v) is 17.7. The number of carbonyl (C=O) groups excluding carboxylic acids is 1. The number of benzene rings is 1. The summed E-state index contributed by atoms with van der Waals surface area (Å²) >= 11 is 7.16. The molecule has 3 heterocycles. The zero-order chi connectivity index (χ0) is 20.4. The Morgan fingerprint density at radius 1 is 1.17 bits per heavy atom. The van der Waals surface area contributed by atoms with Crippen molar-refractivity contribution in [2.45, 2.75) is 4.21 Å². The first-order valence-electron chi connectivity index (χ1n) is 8.91. The van der Waals surface area contributed by atoms with Crippen LogP contribution in [0.3, 0.4) is 0 Å². The van der Waals surface area contributed by atoms with Crippen LogP contribution in [-0.2, 0) is 14.8 Å². The molecule has 0 radical (unpaired) electrons. The van der Waals surface area contributed by atoms with Crippen molar-refractivity contribution in [3.05, 3.63) is 47.7 Å². The van der Waals surface area contributed by atoms with Crippen LogP contribution in [0.1, 0.15) is 0 Å². The maximum atomic E-state index is 13.0. The number of halogens is 1. The normalized spacial score (nSPS) is 15.8. The number of rotatable bonds is 6. The maximum Gasteiger partial charge on any atom is 0.253 e. The monoisotopic (exact) mass is 451 g/mol. The highest BCUT2D eigenvalue weighted by Gasteiger charge is 2.33. The smallest absolute Gasteiger partial charge is 0.253 e. The lowest BCUT2D eigenvalue weighted by atomic mass is 10.3. The molecule has 0 unspecified atom stereocenters. The number of fused-ring (bicyclic) bond motifs is 1. The predicted octanol–water partition coefficient (Wildman–Crippen LogP) is 2.29. The molecule has 1 aliphatic rings. The molecule has 0 atom stereocenters. The van der Waals surface area contributed by atoms with E-state index in [9.17, 15) is 13.2 Å².